The van der Waals surface area contributed by atoms with E-state index in [9.17, 15) is 5.11 Å². The SMILES string of the molecule is CCCCCCCCCCCCCCC(O)CSCC(C)C#N. The summed E-state index contributed by atoms with van der Waals surface area (Å²) in [5.74, 6) is 1.72. The van der Waals surface area contributed by atoms with E-state index in [2.05, 4.69) is 13.0 Å². The Morgan fingerprint density at radius 1 is 0.826 bits per heavy atom. The van der Waals surface area contributed by atoms with Gasteiger partial charge >= 0.3 is 0 Å². The quantitative estimate of drug-likeness (QED) is 0.314. The maximum absolute atomic E-state index is 9.89. The van der Waals surface area contributed by atoms with Crippen LogP contribution >= 0.6 is 11.8 Å². The monoisotopic (exact) mass is 341 g/mol. The Morgan fingerprint density at radius 2 is 1.30 bits per heavy atom. The molecule has 0 fully saturated rings. The normalized spacial score (nSPS) is 13.7. The van der Waals surface area contributed by atoms with Crippen LogP contribution in [0.1, 0.15) is 97.3 Å². The van der Waals surface area contributed by atoms with Crippen LogP contribution in [0, 0.1) is 17.2 Å². The molecule has 2 unspecified atom stereocenters. The Kier molecular flexibility index (Phi) is 18.0. The molecule has 23 heavy (non-hydrogen) atoms. The van der Waals surface area contributed by atoms with Crippen molar-refractivity contribution in [3.05, 3.63) is 0 Å². The molecule has 0 aliphatic rings. The second-order valence-electron chi connectivity index (χ2n) is 6.90. The Labute approximate surface area is 149 Å². The van der Waals surface area contributed by atoms with Crippen molar-refractivity contribution in [2.45, 2.75) is 103 Å². The van der Waals surface area contributed by atoms with Gasteiger partial charge in [-0.2, -0.15) is 17.0 Å². The lowest BCUT2D eigenvalue weighted by molar-refractivity contribution is 0.185. The van der Waals surface area contributed by atoms with E-state index >= 15 is 0 Å². The third-order valence-corrected chi connectivity index (χ3v) is 5.65. The van der Waals surface area contributed by atoms with Gasteiger partial charge in [0.25, 0.3) is 0 Å². The molecule has 0 amide bonds. The predicted octanol–water partition coefficient (Wildman–Crippen LogP) is 6.33. The Morgan fingerprint density at radius 3 is 1.78 bits per heavy atom. The molecule has 0 rings (SSSR count). The maximum atomic E-state index is 9.89. The Balaban J connectivity index is 3.16. The van der Waals surface area contributed by atoms with Crippen LogP contribution in [0.2, 0.25) is 0 Å². The van der Waals surface area contributed by atoms with Crippen LogP contribution in [-0.4, -0.2) is 22.7 Å². The fourth-order valence-corrected chi connectivity index (χ4v) is 3.73. The van der Waals surface area contributed by atoms with Crippen LogP contribution in [0.15, 0.2) is 0 Å². The predicted molar refractivity (Wildman–Crippen MR) is 104 cm³/mol. The Hall–Kier alpha value is -0.200. The Bertz CT molecular complexity index is 277. The summed E-state index contributed by atoms with van der Waals surface area (Å²) in [5, 5.41) is 18.6. The fourth-order valence-electron chi connectivity index (χ4n) is 2.72. The highest BCUT2D eigenvalue weighted by molar-refractivity contribution is 7.99. The molecule has 0 aromatic carbocycles. The van der Waals surface area contributed by atoms with E-state index in [0.717, 1.165) is 24.3 Å². The number of hydrogen-bond donors (Lipinski definition) is 1. The van der Waals surface area contributed by atoms with Crippen molar-refractivity contribution in [3.8, 4) is 6.07 Å². The first-order valence-corrected chi connectivity index (χ1v) is 11.0. The highest BCUT2D eigenvalue weighted by Gasteiger charge is 2.06. The van der Waals surface area contributed by atoms with Crippen molar-refractivity contribution in [1.29, 1.82) is 5.26 Å². The van der Waals surface area contributed by atoms with Crippen LogP contribution in [0.4, 0.5) is 0 Å². The molecule has 0 aromatic rings. The minimum absolute atomic E-state index is 0.0962. The van der Waals surface area contributed by atoms with Crippen molar-refractivity contribution < 1.29 is 5.11 Å². The van der Waals surface area contributed by atoms with Crippen LogP contribution in [-0.2, 0) is 0 Å². The highest BCUT2D eigenvalue weighted by Crippen LogP contribution is 2.15. The van der Waals surface area contributed by atoms with Gasteiger partial charge in [0.15, 0.2) is 0 Å². The molecule has 0 spiro atoms. The molecular weight excluding hydrogens is 302 g/mol. The first-order valence-electron chi connectivity index (χ1n) is 9.86. The van der Waals surface area contributed by atoms with E-state index in [0.29, 0.717) is 0 Å². The number of unbranched alkanes of at least 4 members (excludes halogenated alkanes) is 11. The van der Waals surface area contributed by atoms with Gasteiger partial charge in [0.1, 0.15) is 0 Å². The number of nitrogens with zero attached hydrogens (tertiary/aromatic N) is 1. The zero-order chi connectivity index (χ0) is 17.2. The van der Waals surface area contributed by atoms with E-state index in [-0.39, 0.29) is 12.0 Å². The molecular formula is C20H39NOS. The fraction of sp³-hybridized carbons (Fsp3) is 0.950. The van der Waals surface area contributed by atoms with Crippen molar-refractivity contribution in [3.63, 3.8) is 0 Å². The summed E-state index contributed by atoms with van der Waals surface area (Å²) in [6.45, 7) is 4.21. The summed E-state index contributed by atoms with van der Waals surface area (Å²) < 4.78 is 0. The minimum Gasteiger partial charge on any atom is -0.392 e. The minimum atomic E-state index is -0.186. The van der Waals surface area contributed by atoms with Gasteiger partial charge < -0.3 is 5.11 Å². The van der Waals surface area contributed by atoms with Crippen molar-refractivity contribution in [2.75, 3.05) is 11.5 Å². The first kappa shape index (κ1) is 22.8. The molecule has 0 aliphatic carbocycles. The molecule has 2 nitrogen and oxygen atoms in total. The number of hydrogen-bond acceptors (Lipinski definition) is 3. The van der Waals surface area contributed by atoms with Gasteiger partial charge in [-0.25, -0.2) is 0 Å². The third-order valence-electron chi connectivity index (χ3n) is 4.29. The topological polar surface area (TPSA) is 44.0 Å². The lowest BCUT2D eigenvalue weighted by Crippen LogP contribution is -2.11. The van der Waals surface area contributed by atoms with E-state index in [4.69, 9.17) is 5.26 Å². The van der Waals surface area contributed by atoms with Crippen molar-refractivity contribution >= 4 is 11.8 Å². The second kappa shape index (κ2) is 18.1. The number of nitriles is 1. The summed E-state index contributed by atoms with van der Waals surface area (Å²) in [6.07, 6.45) is 17.0. The first-order chi connectivity index (χ1) is 11.2. The molecule has 0 bridgehead atoms. The molecule has 0 saturated heterocycles. The van der Waals surface area contributed by atoms with E-state index < -0.39 is 0 Å². The molecule has 0 radical (unpaired) electrons. The third kappa shape index (κ3) is 18.0. The number of aliphatic hydroxyl groups is 1. The van der Waals surface area contributed by atoms with E-state index in [1.807, 2.05) is 6.92 Å². The summed E-state index contributed by atoms with van der Waals surface area (Å²) in [6, 6.07) is 2.23. The average molecular weight is 342 g/mol. The maximum Gasteiger partial charge on any atom is 0.0661 e. The van der Waals surface area contributed by atoms with Gasteiger partial charge in [0, 0.05) is 11.5 Å². The number of rotatable bonds is 17. The highest BCUT2D eigenvalue weighted by atomic mass is 32.2. The summed E-state index contributed by atoms with van der Waals surface area (Å²) in [7, 11) is 0. The molecule has 0 saturated carbocycles. The number of aliphatic hydroxyl groups excluding tert-OH is 1. The van der Waals surface area contributed by atoms with Gasteiger partial charge in [-0.05, 0) is 13.3 Å². The van der Waals surface area contributed by atoms with Crippen LogP contribution in [0.25, 0.3) is 0 Å². The van der Waals surface area contributed by atoms with Gasteiger partial charge in [-0.15, -0.1) is 0 Å². The smallest absolute Gasteiger partial charge is 0.0661 e. The number of thioether (sulfide) groups is 1. The molecule has 2 atom stereocenters. The van der Waals surface area contributed by atoms with Crippen LogP contribution in [0.5, 0.6) is 0 Å². The summed E-state index contributed by atoms with van der Waals surface area (Å²) >= 11 is 1.71. The van der Waals surface area contributed by atoms with E-state index in [1.54, 1.807) is 11.8 Å². The van der Waals surface area contributed by atoms with Crippen LogP contribution in [0.3, 0.4) is 0 Å². The van der Waals surface area contributed by atoms with Gasteiger partial charge in [0.05, 0.1) is 18.1 Å². The largest absolute Gasteiger partial charge is 0.392 e. The zero-order valence-electron chi connectivity index (χ0n) is 15.6. The zero-order valence-corrected chi connectivity index (χ0v) is 16.4. The summed E-state index contributed by atoms with van der Waals surface area (Å²) in [4.78, 5) is 0. The molecule has 0 aromatic heterocycles. The van der Waals surface area contributed by atoms with Gasteiger partial charge in [0.2, 0.25) is 0 Å². The molecule has 0 aliphatic heterocycles. The average Bonchev–Trinajstić information content (AvgIpc) is 2.55. The van der Waals surface area contributed by atoms with Gasteiger partial charge in [-0.1, -0.05) is 84.0 Å². The molecule has 136 valence electrons. The molecule has 0 heterocycles. The van der Waals surface area contributed by atoms with E-state index in [1.165, 1.54) is 70.6 Å². The summed E-state index contributed by atoms with van der Waals surface area (Å²) in [5.41, 5.74) is 0. The van der Waals surface area contributed by atoms with Gasteiger partial charge in [-0.3, -0.25) is 0 Å². The lowest BCUT2D eigenvalue weighted by atomic mass is 10.0. The lowest BCUT2D eigenvalue weighted by Gasteiger charge is -2.10. The second-order valence-corrected chi connectivity index (χ2v) is 7.97. The van der Waals surface area contributed by atoms with Crippen molar-refractivity contribution in [2.24, 2.45) is 5.92 Å². The van der Waals surface area contributed by atoms with Crippen molar-refractivity contribution in [1.82, 2.24) is 0 Å². The standard InChI is InChI=1S/C20H39NOS/c1-3-4-5-6-7-8-9-10-11-12-13-14-15-20(22)18-23-17-19(2)16-21/h19-20,22H,3-15,17-18H2,1-2H3. The van der Waals surface area contributed by atoms with Crippen LogP contribution < -0.4 is 0 Å². The molecule has 1 N–H and O–H groups in total. The molecule has 3 heteroatoms.